The van der Waals surface area contributed by atoms with Gasteiger partial charge in [-0.25, -0.2) is 4.39 Å². The minimum absolute atomic E-state index is 0.0504. The molecule has 2 amide bonds. The first-order valence-electron chi connectivity index (χ1n) is 9.28. The van der Waals surface area contributed by atoms with Gasteiger partial charge in [0, 0.05) is 64.1 Å². The van der Waals surface area contributed by atoms with Gasteiger partial charge in [-0.1, -0.05) is 26.0 Å². The molecule has 2 heterocycles. The molecular formula is C20H28FN3O2. The summed E-state index contributed by atoms with van der Waals surface area (Å²) in [6.07, 6.45) is 0.477. The fourth-order valence-corrected chi connectivity index (χ4v) is 4.20. The number of amides is 2. The first kappa shape index (κ1) is 18.8. The van der Waals surface area contributed by atoms with Gasteiger partial charge in [-0.2, -0.15) is 0 Å². The van der Waals surface area contributed by atoms with Gasteiger partial charge in [-0.3, -0.25) is 14.5 Å². The number of nitrogens with zero attached hydrogens (tertiary/aromatic N) is 3. The van der Waals surface area contributed by atoms with Gasteiger partial charge in [-0.15, -0.1) is 0 Å². The van der Waals surface area contributed by atoms with E-state index in [1.54, 1.807) is 17.0 Å². The lowest BCUT2D eigenvalue weighted by Crippen LogP contribution is -2.45. The molecule has 26 heavy (non-hydrogen) atoms. The molecule has 0 saturated carbocycles. The van der Waals surface area contributed by atoms with E-state index in [-0.39, 0.29) is 29.0 Å². The Hall–Kier alpha value is -1.95. The molecule has 2 aliphatic rings. The lowest BCUT2D eigenvalue weighted by atomic mass is 9.85. The molecule has 0 radical (unpaired) electrons. The van der Waals surface area contributed by atoms with E-state index in [0.717, 1.165) is 18.7 Å². The zero-order valence-corrected chi connectivity index (χ0v) is 15.9. The molecular weight excluding hydrogens is 333 g/mol. The SMILES string of the molecule is CC(C)C(=O)N1CCN(Cc2ccc(F)cc2)C[C@@]2(CC(=O)N(C)C2)C1. The van der Waals surface area contributed by atoms with Crippen molar-refractivity contribution in [2.75, 3.05) is 39.8 Å². The molecule has 1 aromatic carbocycles. The summed E-state index contributed by atoms with van der Waals surface area (Å²) in [6, 6.07) is 6.56. The second-order valence-corrected chi connectivity index (χ2v) is 8.18. The summed E-state index contributed by atoms with van der Waals surface area (Å²) in [7, 11) is 1.83. The average Bonchev–Trinajstić information content (AvgIpc) is 2.75. The van der Waals surface area contributed by atoms with Gasteiger partial charge in [0.1, 0.15) is 5.82 Å². The maximum Gasteiger partial charge on any atom is 0.225 e. The van der Waals surface area contributed by atoms with Gasteiger partial charge in [0.25, 0.3) is 0 Å². The molecule has 0 unspecified atom stereocenters. The summed E-state index contributed by atoms with van der Waals surface area (Å²) in [6.45, 7) is 8.02. The molecule has 5 nitrogen and oxygen atoms in total. The lowest BCUT2D eigenvalue weighted by molar-refractivity contribution is -0.135. The third-order valence-corrected chi connectivity index (χ3v) is 5.42. The van der Waals surface area contributed by atoms with E-state index in [1.807, 2.05) is 25.8 Å². The van der Waals surface area contributed by atoms with Crippen molar-refractivity contribution in [1.29, 1.82) is 0 Å². The Morgan fingerprint density at radius 2 is 1.85 bits per heavy atom. The third-order valence-electron chi connectivity index (χ3n) is 5.42. The minimum atomic E-state index is -0.238. The van der Waals surface area contributed by atoms with Crippen LogP contribution in [-0.2, 0) is 16.1 Å². The van der Waals surface area contributed by atoms with E-state index in [2.05, 4.69) is 4.90 Å². The molecule has 1 aromatic rings. The fraction of sp³-hybridized carbons (Fsp3) is 0.600. The van der Waals surface area contributed by atoms with Crippen LogP contribution in [0.2, 0.25) is 0 Å². The van der Waals surface area contributed by atoms with Crippen molar-refractivity contribution in [3.8, 4) is 0 Å². The van der Waals surface area contributed by atoms with Gasteiger partial charge >= 0.3 is 0 Å². The second-order valence-electron chi connectivity index (χ2n) is 8.18. The topological polar surface area (TPSA) is 43.9 Å². The molecule has 2 aliphatic heterocycles. The summed E-state index contributed by atoms with van der Waals surface area (Å²) in [5.41, 5.74) is 0.815. The minimum Gasteiger partial charge on any atom is -0.345 e. The molecule has 6 heteroatoms. The number of likely N-dealkylation sites (tertiary alicyclic amines) is 1. The van der Waals surface area contributed by atoms with Crippen LogP contribution in [0.5, 0.6) is 0 Å². The first-order valence-corrected chi connectivity index (χ1v) is 9.28. The number of hydrogen-bond acceptors (Lipinski definition) is 3. The van der Waals surface area contributed by atoms with Gasteiger partial charge in [0.2, 0.25) is 11.8 Å². The Balaban J connectivity index is 1.81. The molecule has 3 rings (SSSR count). The Morgan fingerprint density at radius 3 is 2.42 bits per heavy atom. The Bertz CT molecular complexity index is 676. The first-order chi connectivity index (χ1) is 12.3. The molecule has 2 saturated heterocycles. The van der Waals surface area contributed by atoms with Crippen LogP contribution >= 0.6 is 0 Å². The predicted octanol–water partition coefficient (Wildman–Crippen LogP) is 1.97. The van der Waals surface area contributed by atoms with Crippen LogP contribution < -0.4 is 0 Å². The van der Waals surface area contributed by atoms with Crippen molar-refractivity contribution >= 4 is 11.8 Å². The number of carbonyl (C=O) groups excluding carboxylic acids is 2. The Morgan fingerprint density at radius 1 is 1.15 bits per heavy atom. The van der Waals surface area contributed by atoms with Crippen molar-refractivity contribution in [2.45, 2.75) is 26.8 Å². The Labute approximate surface area is 154 Å². The monoisotopic (exact) mass is 361 g/mol. The van der Waals surface area contributed by atoms with Crippen molar-refractivity contribution in [3.05, 3.63) is 35.6 Å². The molecule has 0 aromatic heterocycles. The lowest BCUT2D eigenvalue weighted by Gasteiger charge is -2.34. The van der Waals surface area contributed by atoms with E-state index in [1.165, 1.54) is 12.1 Å². The third kappa shape index (κ3) is 4.06. The van der Waals surface area contributed by atoms with E-state index < -0.39 is 0 Å². The van der Waals surface area contributed by atoms with Crippen LogP contribution in [0.1, 0.15) is 25.8 Å². The molecule has 1 spiro atoms. The predicted molar refractivity (Wildman–Crippen MR) is 97.8 cm³/mol. The number of halogens is 1. The van der Waals surface area contributed by atoms with Crippen molar-refractivity contribution in [3.63, 3.8) is 0 Å². The summed E-state index contributed by atoms with van der Waals surface area (Å²) < 4.78 is 13.2. The zero-order chi connectivity index (χ0) is 18.9. The van der Waals surface area contributed by atoms with E-state index in [9.17, 15) is 14.0 Å². The van der Waals surface area contributed by atoms with Crippen LogP contribution in [0.15, 0.2) is 24.3 Å². The standard InChI is InChI=1S/C20H28FN3O2/c1-15(2)19(26)24-9-8-23(11-16-4-6-17(21)7-5-16)13-20(14-24)10-18(25)22(3)12-20/h4-7,15H,8-14H2,1-3H3/t20-/m0/s1. The maximum atomic E-state index is 13.2. The maximum absolute atomic E-state index is 13.2. The van der Waals surface area contributed by atoms with E-state index >= 15 is 0 Å². The van der Waals surface area contributed by atoms with Crippen LogP contribution in [0, 0.1) is 17.2 Å². The summed E-state index contributed by atoms with van der Waals surface area (Å²) >= 11 is 0. The van der Waals surface area contributed by atoms with Crippen molar-refractivity contribution in [1.82, 2.24) is 14.7 Å². The van der Waals surface area contributed by atoms with Gasteiger partial charge in [0.15, 0.2) is 0 Å². The second kappa shape index (κ2) is 7.35. The summed E-state index contributed by atoms with van der Waals surface area (Å²) in [4.78, 5) is 30.9. The van der Waals surface area contributed by atoms with Crippen LogP contribution in [0.3, 0.4) is 0 Å². The summed E-state index contributed by atoms with van der Waals surface area (Å²) in [5, 5.41) is 0. The average molecular weight is 361 g/mol. The molecule has 2 fully saturated rings. The number of rotatable bonds is 3. The molecule has 142 valence electrons. The highest BCUT2D eigenvalue weighted by molar-refractivity contribution is 5.80. The van der Waals surface area contributed by atoms with Crippen LogP contribution in [0.25, 0.3) is 0 Å². The molecule has 1 atom stereocenters. The number of carbonyl (C=O) groups is 2. The highest BCUT2D eigenvalue weighted by atomic mass is 19.1. The highest BCUT2D eigenvalue weighted by Gasteiger charge is 2.46. The van der Waals surface area contributed by atoms with Crippen LogP contribution in [0.4, 0.5) is 4.39 Å². The quantitative estimate of drug-likeness (QED) is 0.827. The largest absolute Gasteiger partial charge is 0.345 e. The molecule has 0 N–H and O–H groups in total. The normalized spacial score (nSPS) is 24.6. The van der Waals surface area contributed by atoms with Gasteiger partial charge in [0.05, 0.1) is 0 Å². The number of benzene rings is 1. The van der Waals surface area contributed by atoms with Crippen LogP contribution in [-0.4, -0.2) is 66.3 Å². The smallest absolute Gasteiger partial charge is 0.225 e. The van der Waals surface area contributed by atoms with Gasteiger partial charge < -0.3 is 9.80 Å². The van der Waals surface area contributed by atoms with E-state index in [0.29, 0.717) is 32.6 Å². The van der Waals surface area contributed by atoms with Gasteiger partial charge in [-0.05, 0) is 17.7 Å². The Kier molecular flexibility index (Phi) is 5.32. The van der Waals surface area contributed by atoms with Crippen molar-refractivity contribution in [2.24, 2.45) is 11.3 Å². The highest BCUT2D eigenvalue weighted by Crippen LogP contribution is 2.35. The summed E-state index contributed by atoms with van der Waals surface area (Å²) in [5.74, 6) is 0.00364. The van der Waals surface area contributed by atoms with Crippen molar-refractivity contribution < 1.29 is 14.0 Å². The molecule has 0 bridgehead atoms. The fourth-order valence-electron chi connectivity index (χ4n) is 4.20. The molecule has 0 aliphatic carbocycles. The zero-order valence-electron chi connectivity index (χ0n) is 15.9. The number of hydrogen-bond donors (Lipinski definition) is 0. The van der Waals surface area contributed by atoms with E-state index in [4.69, 9.17) is 0 Å².